The average Bonchev–Trinajstić information content (AvgIpc) is 2.68. The number of halogens is 2. The Bertz CT molecular complexity index is 938. The number of rotatable bonds is 3. The van der Waals surface area contributed by atoms with E-state index in [-0.39, 0.29) is 47.1 Å². The van der Waals surface area contributed by atoms with Crippen molar-refractivity contribution in [2.75, 3.05) is 13.1 Å². The second-order valence-electron chi connectivity index (χ2n) is 6.41. The number of carbonyl (C=O) groups is 2. The topological polar surface area (TPSA) is 37.4 Å². The van der Waals surface area contributed by atoms with Crippen LogP contribution in [-0.4, -0.2) is 29.7 Å². The molecule has 1 saturated heterocycles. The first-order valence-corrected chi connectivity index (χ1v) is 8.86. The van der Waals surface area contributed by atoms with Gasteiger partial charge in [0.15, 0.2) is 5.78 Å². The monoisotopic (exact) mass is 379 g/mol. The first-order valence-electron chi connectivity index (χ1n) is 8.86. The molecular formula is C23H19F2NO2. The predicted molar refractivity (Wildman–Crippen MR) is 105 cm³/mol. The molecule has 0 radical (unpaired) electrons. The average molecular weight is 379 g/mol. The molecule has 0 aromatic heterocycles. The van der Waals surface area contributed by atoms with Crippen LogP contribution in [0.15, 0.2) is 71.8 Å². The summed E-state index contributed by atoms with van der Waals surface area (Å²) >= 11 is 0. The number of allylic oxidation sites excluding steroid dienone is 1. The second-order valence-corrected chi connectivity index (χ2v) is 6.41. The van der Waals surface area contributed by atoms with E-state index in [9.17, 15) is 18.4 Å². The first-order chi connectivity index (χ1) is 13.5. The van der Waals surface area contributed by atoms with E-state index in [2.05, 4.69) is 0 Å². The zero-order valence-corrected chi connectivity index (χ0v) is 15.4. The molecule has 0 atom stereocenters. The summed E-state index contributed by atoms with van der Waals surface area (Å²) in [4.78, 5) is 26.8. The molecule has 1 fully saturated rings. The van der Waals surface area contributed by atoms with E-state index in [4.69, 9.17) is 0 Å². The molecule has 1 aliphatic rings. The molecule has 28 heavy (non-hydrogen) atoms. The Morgan fingerprint density at radius 2 is 1.36 bits per heavy atom. The fraction of sp³-hybridized carbons (Fsp3) is 0.130. The highest BCUT2D eigenvalue weighted by molar-refractivity contribution is 6.15. The number of amides is 1. The summed E-state index contributed by atoms with van der Waals surface area (Å²) < 4.78 is 28.1. The number of benzene rings is 2. The van der Waals surface area contributed by atoms with Crippen LogP contribution < -0.4 is 0 Å². The molecule has 0 N–H and O–H groups in total. The van der Waals surface area contributed by atoms with Crippen molar-refractivity contribution in [3.63, 3.8) is 0 Å². The fourth-order valence-corrected chi connectivity index (χ4v) is 3.00. The van der Waals surface area contributed by atoms with Crippen molar-refractivity contribution in [2.45, 2.75) is 6.92 Å². The molecular weight excluding hydrogens is 360 g/mol. The molecule has 0 unspecified atom stereocenters. The van der Waals surface area contributed by atoms with E-state index >= 15 is 0 Å². The molecule has 3 rings (SSSR count). The lowest BCUT2D eigenvalue weighted by atomic mass is 9.94. The molecule has 5 heteroatoms. The molecule has 142 valence electrons. The third kappa shape index (κ3) is 4.31. The Labute approximate surface area is 162 Å². The van der Waals surface area contributed by atoms with Gasteiger partial charge in [-0.1, -0.05) is 42.5 Å². The summed E-state index contributed by atoms with van der Waals surface area (Å²) in [7, 11) is 0. The van der Waals surface area contributed by atoms with Gasteiger partial charge in [-0.05, 0) is 37.3 Å². The molecule has 2 aromatic carbocycles. The van der Waals surface area contributed by atoms with Gasteiger partial charge in [0, 0.05) is 22.3 Å². The van der Waals surface area contributed by atoms with Gasteiger partial charge in [0.05, 0.1) is 13.1 Å². The molecule has 0 bridgehead atoms. The first kappa shape index (κ1) is 19.4. The molecule has 1 amide bonds. The third-order valence-electron chi connectivity index (χ3n) is 4.40. The van der Waals surface area contributed by atoms with Crippen LogP contribution in [0.4, 0.5) is 8.78 Å². The Hall–Kier alpha value is -3.34. The number of hydrogen-bond acceptors (Lipinski definition) is 2. The number of ketones is 1. The summed E-state index contributed by atoms with van der Waals surface area (Å²) in [5.41, 5.74) is 1.07. The standard InChI is InChI=1S/C23H19F2NO2/c1-2-7-22(27)26-14-18(12-16-8-3-5-10-20(16)24)23(28)19(15-26)13-17-9-4-6-11-21(17)25/h2-13H,14-15H2,1H3/b7-2+,18-12?,19-13?. The van der Waals surface area contributed by atoms with Crippen LogP contribution in [0.1, 0.15) is 18.1 Å². The predicted octanol–water partition coefficient (Wildman–Crippen LogP) is 4.42. The highest BCUT2D eigenvalue weighted by Gasteiger charge is 2.28. The Morgan fingerprint density at radius 1 is 0.893 bits per heavy atom. The van der Waals surface area contributed by atoms with Crippen molar-refractivity contribution in [1.29, 1.82) is 0 Å². The number of nitrogens with zero attached hydrogens (tertiary/aromatic N) is 1. The highest BCUT2D eigenvalue weighted by Crippen LogP contribution is 2.24. The number of Topliss-reactive ketones (excluding diaryl/α,β-unsaturated/α-hetero) is 1. The Kier molecular flexibility index (Phi) is 5.94. The van der Waals surface area contributed by atoms with Crippen LogP contribution in [0.2, 0.25) is 0 Å². The van der Waals surface area contributed by atoms with E-state index in [0.717, 1.165) is 0 Å². The van der Waals surface area contributed by atoms with Crippen molar-refractivity contribution >= 4 is 23.8 Å². The van der Waals surface area contributed by atoms with Gasteiger partial charge < -0.3 is 4.90 Å². The quantitative estimate of drug-likeness (QED) is 0.741. The van der Waals surface area contributed by atoms with Crippen molar-refractivity contribution in [3.05, 3.63) is 94.6 Å². The van der Waals surface area contributed by atoms with Crippen molar-refractivity contribution < 1.29 is 18.4 Å². The maximum Gasteiger partial charge on any atom is 0.246 e. The Balaban J connectivity index is 2.05. The van der Waals surface area contributed by atoms with Gasteiger partial charge in [-0.25, -0.2) is 8.78 Å². The lowest BCUT2D eigenvalue weighted by Crippen LogP contribution is -2.40. The summed E-state index contributed by atoms with van der Waals surface area (Å²) in [6, 6.07) is 12.2. The molecule has 2 aromatic rings. The molecule has 0 spiro atoms. The van der Waals surface area contributed by atoms with Crippen molar-refractivity contribution in [1.82, 2.24) is 4.90 Å². The third-order valence-corrected chi connectivity index (χ3v) is 4.40. The Morgan fingerprint density at radius 3 is 1.79 bits per heavy atom. The minimum Gasteiger partial charge on any atom is -0.330 e. The SMILES string of the molecule is C/C=C/C(=O)N1CC(=Cc2ccccc2F)C(=O)C(=Cc2ccccc2F)C1. The van der Waals surface area contributed by atoms with E-state index in [0.29, 0.717) is 0 Å². The van der Waals surface area contributed by atoms with E-state index in [1.54, 1.807) is 49.4 Å². The van der Waals surface area contributed by atoms with Crippen LogP contribution >= 0.6 is 0 Å². The summed E-state index contributed by atoms with van der Waals surface area (Å²) in [6.45, 7) is 1.84. The van der Waals surface area contributed by atoms with Gasteiger partial charge in [0.25, 0.3) is 0 Å². The lowest BCUT2D eigenvalue weighted by molar-refractivity contribution is -0.126. The minimum absolute atomic E-state index is 0.0605. The van der Waals surface area contributed by atoms with Gasteiger partial charge in [-0.15, -0.1) is 0 Å². The lowest BCUT2D eigenvalue weighted by Gasteiger charge is -2.29. The number of hydrogen-bond donors (Lipinski definition) is 0. The largest absolute Gasteiger partial charge is 0.330 e. The van der Waals surface area contributed by atoms with Crippen LogP contribution in [0.25, 0.3) is 12.2 Å². The van der Waals surface area contributed by atoms with Crippen LogP contribution in [0.5, 0.6) is 0 Å². The second kappa shape index (κ2) is 8.57. The summed E-state index contributed by atoms with van der Waals surface area (Å²) in [5, 5.41) is 0. The van der Waals surface area contributed by atoms with Crippen molar-refractivity contribution in [2.24, 2.45) is 0 Å². The summed E-state index contributed by atoms with van der Waals surface area (Å²) in [5.74, 6) is -1.51. The smallest absolute Gasteiger partial charge is 0.246 e. The maximum atomic E-state index is 14.0. The maximum absolute atomic E-state index is 14.0. The molecule has 3 nitrogen and oxygen atoms in total. The van der Waals surface area contributed by atoms with E-state index in [1.165, 1.54) is 35.3 Å². The van der Waals surface area contributed by atoms with Gasteiger partial charge in [0.1, 0.15) is 11.6 Å². The molecule has 1 heterocycles. The highest BCUT2D eigenvalue weighted by atomic mass is 19.1. The van der Waals surface area contributed by atoms with Gasteiger partial charge in [-0.3, -0.25) is 9.59 Å². The fourth-order valence-electron chi connectivity index (χ4n) is 3.00. The normalized spacial score (nSPS) is 17.7. The molecule has 0 aliphatic carbocycles. The van der Waals surface area contributed by atoms with Gasteiger partial charge >= 0.3 is 0 Å². The van der Waals surface area contributed by atoms with Crippen LogP contribution in [0.3, 0.4) is 0 Å². The zero-order chi connectivity index (χ0) is 20.1. The van der Waals surface area contributed by atoms with Gasteiger partial charge in [0.2, 0.25) is 5.91 Å². The van der Waals surface area contributed by atoms with Gasteiger partial charge in [-0.2, -0.15) is 0 Å². The zero-order valence-electron chi connectivity index (χ0n) is 15.4. The van der Waals surface area contributed by atoms with Crippen LogP contribution in [0, 0.1) is 11.6 Å². The number of carbonyl (C=O) groups excluding carboxylic acids is 2. The van der Waals surface area contributed by atoms with E-state index in [1.807, 2.05) is 0 Å². The molecule has 0 saturated carbocycles. The number of piperidine rings is 1. The summed E-state index contributed by atoms with van der Waals surface area (Å²) in [6.07, 6.45) is 5.90. The van der Waals surface area contributed by atoms with Crippen LogP contribution in [-0.2, 0) is 9.59 Å². The number of likely N-dealkylation sites (tertiary alicyclic amines) is 1. The molecule has 1 aliphatic heterocycles. The minimum atomic E-state index is -0.459. The van der Waals surface area contributed by atoms with Crippen molar-refractivity contribution in [3.8, 4) is 0 Å². The van der Waals surface area contributed by atoms with E-state index < -0.39 is 11.6 Å².